The standard InChI is InChI=1S/C17H22N4O3/c1-12-6-13(20-19-12)7-17(22)21-10-16(23-2)8-14(21)11-24-15-4-3-5-18-9-15/h3-6,9,14,16H,7-8,10-11H2,1-2H3,(H,19,20)/t14-,16+/m0/s1. The highest BCUT2D eigenvalue weighted by molar-refractivity contribution is 5.79. The number of nitrogens with one attached hydrogen (secondary N) is 1. The van der Waals surface area contributed by atoms with Crippen LogP contribution < -0.4 is 4.74 Å². The van der Waals surface area contributed by atoms with Crippen molar-refractivity contribution in [3.05, 3.63) is 42.0 Å². The van der Waals surface area contributed by atoms with Gasteiger partial charge >= 0.3 is 0 Å². The molecule has 1 aliphatic rings. The molecule has 128 valence electrons. The molecular weight excluding hydrogens is 308 g/mol. The van der Waals surface area contributed by atoms with Crippen LogP contribution in [0.4, 0.5) is 0 Å². The van der Waals surface area contributed by atoms with Crippen molar-refractivity contribution < 1.29 is 14.3 Å². The molecule has 1 aliphatic heterocycles. The monoisotopic (exact) mass is 330 g/mol. The lowest BCUT2D eigenvalue weighted by Crippen LogP contribution is -2.40. The third kappa shape index (κ3) is 3.91. The highest BCUT2D eigenvalue weighted by atomic mass is 16.5. The molecular formula is C17H22N4O3. The molecule has 2 atom stereocenters. The fourth-order valence-corrected chi connectivity index (χ4v) is 2.95. The van der Waals surface area contributed by atoms with Crippen molar-refractivity contribution in [2.75, 3.05) is 20.3 Å². The highest BCUT2D eigenvalue weighted by Crippen LogP contribution is 2.22. The second kappa shape index (κ2) is 7.44. The van der Waals surface area contributed by atoms with Gasteiger partial charge in [-0.3, -0.25) is 14.9 Å². The first kappa shape index (κ1) is 16.4. The quantitative estimate of drug-likeness (QED) is 0.865. The molecule has 1 N–H and O–H groups in total. The van der Waals surface area contributed by atoms with Gasteiger partial charge in [0, 0.05) is 25.5 Å². The van der Waals surface area contributed by atoms with Gasteiger partial charge in [-0.25, -0.2) is 0 Å². The van der Waals surface area contributed by atoms with Crippen LogP contribution in [0.15, 0.2) is 30.6 Å². The number of amides is 1. The number of aromatic amines is 1. The third-order valence-electron chi connectivity index (χ3n) is 4.20. The van der Waals surface area contributed by atoms with Crippen LogP contribution in [0.3, 0.4) is 0 Å². The van der Waals surface area contributed by atoms with E-state index >= 15 is 0 Å². The molecule has 0 aromatic carbocycles. The lowest BCUT2D eigenvalue weighted by molar-refractivity contribution is -0.132. The summed E-state index contributed by atoms with van der Waals surface area (Å²) in [4.78, 5) is 18.5. The topological polar surface area (TPSA) is 80.3 Å². The van der Waals surface area contributed by atoms with Crippen molar-refractivity contribution in [1.82, 2.24) is 20.1 Å². The van der Waals surface area contributed by atoms with Crippen molar-refractivity contribution in [2.45, 2.75) is 31.9 Å². The lowest BCUT2D eigenvalue weighted by atomic mass is 10.2. The zero-order valence-corrected chi connectivity index (χ0v) is 13.9. The molecule has 0 bridgehead atoms. The first-order valence-corrected chi connectivity index (χ1v) is 8.01. The van der Waals surface area contributed by atoms with E-state index in [1.165, 1.54) is 0 Å². The van der Waals surface area contributed by atoms with E-state index in [-0.39, 0.29) is 24.5 Å². The number of carbonyl (C=O) groups excluding carboxylic acids is 1. The molecule has 2 aromatic heterocycles. The van der Waals surface area contributed by atoms with Crippen molar-refractivity contribution in [2.24, 2.45) is 0 Å². The number of hydrogen-bond donors (Lipinski definition) is 1. The normalized spacial score (nSPS) is 20.3. The summed E-state index contributed by atoms with van der Waals surface area (Å²) < 4.78 is 11.2. The van der Waals surface area contributed by atoms with Gasteiger partial charge in [0.2, 0.25) is 5.91 Å². The van der Waals surface area contributed by atoms with Gasteiger partial charge < -0.3 is 14.4 Å². The number of aromatic nitrogens is 3. The van der Waals surface area contributed by atoms with Crippen LogP contribution in [0.5, 0.6) is 5.75 Å². The van der Waals surface area contributed by atoms with Crippen molar-refractivity contribution in [1.29, 1.82) is 0 Å². The maximum atomic E-state index is 12.7. The maximum Gasteiger partial charge on any atom is 0.229 e. The number of hydrogen-bond acceptors (Lipinski definition) is 5. The second-order valence-corrected chi connectivity index (χ2v) is 6.01. The fourth-order valence-electron chi connectivity index (χ4n) is 2.95. The molecule has 0 radical (unpaired) electrons. The van der Waals surface area contributed by atoms with Crippen LogP contribution >= 0.6 is 0 Å². The van der Waals surface area contributed by atoms with E-state index in [4.69, 9.17) is 9.47 Å². The van der Waals surface area contributed by atoms with E-state index in [0.29, 0.717) is 18.9 Å². The fraction of sp³-hybridized carbons (Fsp3) is 0.471. The summed E-state index contributed by atoms with van der Waals surface area (Å²) in [5.74, 6) is 0.745. The lowest BCUT2D eigenvalue weighted by Gasteiger charge is -2.24. The number of pyridine rings is 1. The Balaban J connectivity index is 1.63. The molecule has 0 unspecified atom stereocenters. The summed E-state index contributed by atoms with van der Waals surface area (Å²) in [6.45, 7) is 2.93. The zero-order chi connectivity index (χ0) is 16.9. The molecule has 2 aromatic rings. The summed E-state index contributed by atoms with van der Waals surface area (Å²) in [5, 5.41) is 7.01. The average molecular weight is 330 g/mol. The minimum atomic E-state index is -0.0114. The van der Waals surface area contributed by atoms with Gasteiger partial charge in [-0.05, 0) is 31.5 Å². The van der Waals surface area contributed by atoms with Crippen molar-refractivity contribution in [3.8, 4) is 5.75 Å². The van der Waals surface area contributed by atoms with Crippen LogP contribution in [0.25, 0.3) is 0 Å². The first-order valence-electron chi connectivity index (χ1n) is 8.01. The van der Waals surface area contributed by atoms with Gasteiger partial charge in [0.05, 0.1) is 30.5 Å². The van der Waals surface area contributed by atoms with E-state index < -0.39 is 0 Å². The Labute approximate surface area is 141 Å². The largest absolute Gasteiger partial charge is 0.490 e. The molecule has 1 saturated heterocycles. The zero-order valence-electron chi connectivity index (χ0n) is 13.9. The maximum absolute atomic E-state index is 12.7. The van der Waals surface area contributed by atoms with Gasteiger partial charge in [0.1, 0.15) is 12.4 Å². The summed E-state index contributed by atoms with van der Waals surface area (Å²) >= 11 is 0. The number of methoxy groups -OCH3 is 1. The van der Waals surface area contributed by atoms with Gasteiger partial charge in [-0.2, -0.15) is 5.10 Å². The molecule has 0 aliphatic carbocycles. The molecule has 3 heterocycles. The smallest absolute Gasteiger partial charge is 0.229 e. The van der Waals surface area contributed by atoms with Gasteiger partial charge in [0.25, 0.3) is 0 Å². The molecule has 0 saturated carbocycles. The van der Waals surface area contributed by atoms with E-state index in [2.05, 4.69) is 15.2 Å². The van der Waals surface area contributed by atoms with E-state index in [0.717, 1.165) is 17.8 Å². The van der Waals surface area contributed by atoms with Gasteiger partial charge in [0.15, 0.2) is 0 Å². The number of rotatable bonds is 6. The molecule has 0 spiro atoms. The number of likely N-dealkylation sites (tertiary alicyclic amines) is 1. The number of ether oxygens (including phenoxy) is 2. The first-order chi connectivity index (χ1) is 11.7. The predicted molar refractivity (Wildman–Crippen MR) is 87.7 cm³/mol. The molecule has 3 rings (SSSR count). The minimum absolute atomic E-state index is 0.0114. The Bertz CT molecular complexity index is 673. The number of aryl methyl sites for hydroxylation is 1. The number of nitrogens with zero attached hydrogens (tertiary/aromatic N) is 3. The van der Waals surface area contributed by atoms with Crippen LogP contribution in [0, 0.1) is 6.92 Å². The molecule has 1 amide bonds. The third-order valence-corrected chi connectivity index (χ3v) is 4.20. The predicted octanol–water partition coefficient (Wildman–Crippen LogP) is 1.35. The second-order valence-electron chi connectivity index (χ2n) is 6.01. The van der Waals surface area contributed by atoms with E-state index in [1.54, 1.807) is 19.5 Å². The Morgan fingerprint density at radius 2 is 2.38 bits per heavy atom. The van der Waals surface area contributed by atoms with Gasteiger partial charge in [-0.1, -0.05) is 0 Å². The summed E-state index contributed by atoms with van der Waals surface area (Å²) in [6.07, 6.45) is 4.45. The molecule has 24 heavy (non-hydrogen) atoms. The highest BCUT2D eigenvalue weighted by Gasteiger charge is 2.35. The number of H-pyrrole nitrogens is 1. The Kier molecular flexibility index (Phi) is 5.10. The van der Waals surface area contributed by atoms with Crippen LogP contribution in [0.1, 0.15) is 17.8 Å². The Hall–Kier alpha value is -2.41. The summed E-state index contributed by atoms with van der Waals surface area (Å²) in [7, 11) is 1.68. The Morgan fingerprint density at radius 1 is 1.50 bits per heavy atom. The Morgan fingerprint density at radius 3 is 3.04 bits per heavy atom. The van der Waals surface area contributed by atoms with Crippen molar-refractivity contribution in [3.63, 3.8) is 0 Å². The molecule has 7 heteroatoms. The van der Waals surface area contributed by atoms with E-state index in [9.17, 15) is 4.79 Å². The summed E-state index contributed by atoms with van der Waals surface area (Å²) in [6, 6.07) is 5.56. The van der Waals surface area contributed by atoms with Crippen LogP contribution in [-0.4, -0.2) is 58.4 Å². The van der Waals surface area contributed by atoms with Crippen LogP contribution in [0.2, 0.25) is 0 Å². The SMILES string of the molecule is CO[C@@H]1C[C@@H](COc2cccnc2)N(C(=O)Cc2cc(C)[nH]n2)C1. The van der Waals surface area contributed by atoms with E-state index in [1.807, 2.05) is 30.0 Å². The minimum Gasteiger partial charge on any atom is -0.490 e. The molecule has 1 fully saturated rings. The number of carbonyl (C=O) groups is 1. The van der Waals surface area contributed by atoms with Crippen molar-refractivity contribution >= 4 is 5.91 Å². The summed E-state index contributed by atoms with van der Waals surface area (Å²) in [5.41, 5.74) is 1.70. The molecule has 7 nitrogen and oxygen atoms in total. The van der Waals surface area contributed by atoms with Crippen LogP contribution in [-0.2, 0) is 16.0 Å². The van der Waals surface area contributed by atoms with Gasteiger partial charge in [-0.15, -0.1) is 0 Å². The average Bonchev–Trinajstić information content (AvgIpc) is 3.20.